The predicted molar refractivity (Wildman–Crippen MR) is 134 cm³/mol. The Balaban J connectivity index is 1.80. The molecule has 0 bridgehead atoms. The smallest absolute Gasteiger partial charge is 0.322 e. The largest absolute Gasteiger partial charge is 0.493 e. The lowest BCUT2D eigenvalue weighted by Gasteiger charge is -2.35. The topological polar surface area (TPSA) is 89.7 Å². The molecule has 1 atom stereocenters. The Labute approximate surface area is 205 Å². The molecule has 2 amide bonds. The molecule has 1 N–H and O–H groups in total. The third-order valence-corrected chi connectivity index (χ3v) is 6.23. The summed E-state index contributed by atoms with van der Waals surface area (Å²) in [6.45, 7) is 8.83. The van der Waals surface area contributed by atoms with Crippen molar-refractivity contribution in [2.24, 2.45) is 5.92 Å². The van der Waals surface area contributed by atoms with Crippen LogP contribution in [-0.2, 0) is 0 Å². The Morgan fingerprint density at radius 1 is 1.06 bits per heavy atom. The zero-order valence-electron chi connectivity index (χ0n) is 21.1. The molecule has 8 heteroatoms. The quantitative estimate of drug-likeness (QED) is 0.455. The summed E-state index contributed by atoms with van der Waals surface area (Å²) in [6.07, 6.45) is 0.873. The third-order valence-electron chi connectivity index (χ3n) is 6.23. The molecule has 1 aliphatic rings. The van der Waals surface area contributed by atoms with Crippen LogP contribution in [0, 0.1) is 12.8 Å². The van der Waals surface area contributed by atoms with Crippen molar-refractivity contribution in [2.45, 2.75) is 40.2 Å². The molecular weight excluding hydrogens is 444 g/mol. The van der Waals surface area contributed by atoms with Gasteiger partial charge in [-0.3, -0.25) is 4.90 Å². The van der Waals surface area contributed by atoms with Gasteiger partial charge in [0.05, 0.1) is 25.8 Å². The Morgan fingerprint density at radius 2 is 1.77 bits per heavy atom. The number of amides is 2. The van der Waals surface area contributed by atoms with Crippen molar-refractivity contribution in [2.75, 3.05) is 20.8 Å². The van der Waals surface area contributed by atoms with Crippen LogP contribution in [0.5, 0.6) is 11.5 Å². The Bertz CT molecular complexity index is 1230. The number of aryl methyl sites for hydroxylation is 1. The molecule has 0 aliphatic carbocycles. The predicted octanol–water partition coefficient (Wildman–Crippen LogP) is 5.61. The van der Waals surface area contributed by atoms with Crippen LogP contribution in [0.3, 0.4) is 0 Å². The van der Waals surface area contributed by atoms with Gasteiger partial charge in [0, 0.05) is 17.8 Å². The summed E-state index contributed by atoms with van der Waals surface area (Å²) in [5, 5.41) is 7.37. The molecule has 1 aliphatic heterocycles. The molecule has 2 aromatic carbocycles. The van der Waals surface area contributed by atoms with E-state index in [1.807, 2.05) is 56.3 Å². The highest BCUT2D eigenvalue weighted by molar-refractivity contribution is 5.87. The molecule has 0 radical (unpaired) electrons. The second kappa shape index (κ2) is 10.2. The number of nitrogens with one attached hydrogen (secondary N) is 1. The second-order valence-electron chi connectivity index (χ2n) is 9.12. The van der Waals surface area contributed by atoms with Gasteiger partial charge >= 0.3 is 6.03 Å². The normalized spacial score (nSPS) is 16.0. The maximum absolute atomic E-state index is 13.2. The van der Waals surface area contributed by atoms with Crippen LogP contribution in [0.4, 0.5) is 4.79 Å². The van der Waals surface area contributed by atoms with Gasteiger partial charge in [-0.25, -0.2) is 4.79 Å². The summed E-state index contributed by atoms with van der Waals surface area (Å²) in [5.74, 6) is 2.51. The zero-order valence-corrected chi connectivity index (χ0v) is 21.1. The molecule has 8 nitrogen and oxygen atoms in total. The maximum Gasteiger partial charge on any atom is 0.322 e. The summed E-state index contributed by atoms with van der Waals surface area (Å²) < 4.78 is 16.7. The second-order valence-corrected chi connectivity index (χ2v) is 9.12. The van der Waals surface area contributed by atoms with E-state index in [1.165, 1.54) is 0 Å². The first kappa shape index (κ1) is 24.3. The van der Waals surface area contributed by atoms with Crippen LogP contribution in [0.25, 0.3) is 17.0 Å². The van der Waals surface area contributed by atoms with E-state index in [9.17, 15) is 4.79 Å². The molecule has 2 heterocycles. The molecule has 4 rings (SSSR count). The number of hydrogen-bond donors (Lipinski definition) is 1. The van der Waals surface area contributed by atoms with E-state index in [-0.39, 0.29) is 6.03 Å². The molecule has 0 saturated carbocycles. The van der Waals surface area contributed by atoms with Crippen molar-refractivity contribution in [3.8, 4) is 22.9 Å². The number of hydrogen-bond acceptors (Lipinski definition) is 6. The molecule has 0 saturated heterocycles. The number of benzene rings is 2. The summed E-state index contributed by atoms with van der Waals surface area (Å²) >= 11 is 0. The number of aromatic nitrogens is 2. The average Bonchev–Trinajstić information content (AvgIpc) is 3.33. The van der Waals surface area contributed by atoms with Crippen molar-refractivity contribution < 1.29 is 18.8 Å². The molecular formula is C27H32N4O4. The zero-order chi connectivity index (χ0) is 25.1. The van der Waals surface area contributed by atoms with Gasteiger partial charge < -0.3 is 19.3 Å². The van der Waals surface area contributed by atoms with Gasteiger partial charge in [0.1, 0.15) is 0 Å². The van der Waals surface area contributed by atoms with Crippen LogP contribution in [0.1, 0.15) is 50.3 Å². The fourth-order valence-corrected chi connectivity index (χ4v) is 4.15. The first-order valence-electron chi connectivity index (χ1n) is 11.7. The third kappa shape index (κ3) is 5.01. The van der Waals surface area contributed by atoms with Crippen molar-refractivity contribution in [3.63, 3.8) is 0 Å². The van der Waals surface area contributed by atoms with Gasteiger partial charge in [-0.1, -0.05) is 54.9 Å². The number of rotatable bonds is 8. The monoisotopic (exact) mass is 476 g/mol. The van der Waals surface area contributed by atoms with Gasteiger partial charge in [0.2, 0.25) is 5.82 Å². The highest BCUT2D eigenvalue weighted by Crippen LogP contribution is 2.40. The van der Waals surface area contributed by atoms with E-state index in [1.54, 1.807) is 19.1 Å². The number of carbonyl (C=O) groups is 1. The number of methoxy groups -OCH3 is 2. The van der Waals surface area contributed by atoms with Gasteiger partial charge in [-0.05, 0) is 43.9 Å². The van der Waals surface area contributed by atoms with Crippen LogP contribution in [0.2, 0.25) is 0 Å². The fraction of sp³-hybridized carbons (Fsp3) is 0.370. The first-order valence-corrected chi connectivity index (χ1v) is 11.7. The lowest BCUT2D eigenvalue weighted by Crippen LogP contribution is -2.46. The van der Waals surface area contributed by atoms with Crippen molar-refractivity contribution in [3.05, 3.63) is 65.2 Å². The van der Waals surface area contributed by atoms with Crippen LogP contribution in [-0.4, -0.2) is 41.8 Å². The Kier molecular flexibility index (Phi) is 7.10. The van der Waals surface area contributed by atoms with E-state index < -0.39 is 6.04 Å². The number of nitrogens with zero attached hydrogens (tertiary/aromatic N) is 3. The minimum absolute atomic E-state index is 0.162. The number of ether oxygens (including phenoxy) is 2. The SMILES string of the molecule is COc1ccc(C2NC(=O)N(CCC(C)C)C(C)=C2c2nc(-c3ccc(C)cc3)no2)cc1OC. The van der Waals surface area contributed by atoms with Gasteiger partial charge in [-0.15, -0.1) is 0 Å². The molecule has 184 valence electrons. The van der Waals surface area contributed by atoms with Crippen molar-refractivity contribution >= 4 is 11.6 Å². The summed E-state index contributed by atoms with van der Waals surface area (Å²) in [5.41, 5.74) is 4.38. The van der Waals surface area contributed by atoms with Crippen LogP contribution >= 0.6 is 0 Å². The molecule has 1 aromatic heterocycles. The number of carbonyl (C=O) groups excluding carboxylic acids is 1. The van der Waals surface area contributed by atoms with Gasteiger partial charge in [-0.2, -0.15) is 4.98 Å². The Morgan fingerprint density at radius 3 is 2.43 bits per heavy atom. The molecule has 0 fully saturated rings. The summed E-state index contributed by atoms with van der Waals surface area (Å²) in [7, 11) is 3.18. The van der Waals surface area contributed by atoms with Crippen molar-refractivity contribution in [1.29, 1.82) is 0 Å². The van der Waals surface area contributed by atoms with Gasteiger partial charge in [0.25, 0.3) is 5.89 Å². The van der Waals surface area contributed by atoms with E-state index in [0.29, 0.717) is 35.7 Å². The maximum atomic E-state index is 13.2. The standard InChI is InChI=1S/C27H32N4O4/c1-16(2)13-14-31-18(4)23(26-29-25(30-35-26)19-9-7-17(3)8-10-19)24(28-27(31)32)20-11-12-21(33-5)22(15-20)34-6/h7-12,15-16,24H,13-14H2,1-6H3,(H,28,32). The highest BCUT2D eigenvalue weighted by Gasteiger charge is 2.36. The average molecular weight is 477 g/mol. The van der Waals surface area contributed by atoms with Crippen molar-refractivity contribution in [1.82, 2.24) is 20.4 Å². The molecule has 1 unspecified atom stereocenters. The van der Waals surface area contributed by atoms with E-state index in [4.69, 9.17) is 19.0 Å². The first-order chi connectivity index (χ1) is 16.8. The van der Waals surface area contributed by atoms with E-state index in [2.05, 4.69) is 24.3 Å². The number of allylic oxidation sites excluding steroid dienone is 1. The lowest BCUT2D eigenvalue weighted by atomic mass is 9.94. The van der Waals surface area contributed by atoms with Crippen LogP contribution < -0.4 is 14.8 Å². The van der Waals surface area contributed by atoms with E-state index >= 15 is 0 Å². The lowest BCUT2D eigenvalue weighted by molar-refractivity contribution is 0.202. The fourth-order valence-electron chi connectivity index (χ4n) is 4.15. The van der Waals surface area contributed by atoms with E-state index in [0.717, 1.165) is 34.4 Å². The number of urea groups is 1. The Hall–Kier alpha value is -3.81. The molecule has 3 aromatic rings. The highest BCUT2D eigenvalue weighted by atomic mass is 16.5. The molecule has 35 heavy (non-hydrogen) atoms. The summed E-state index contributed by atoms with van der Waals surface area (Å²) in [6, 6.07) is 12.9. The minimum Gasteiger partial charge on any atom is -0.493 e. The van der Waals surface area contributed by atoms with Gasteiger partial charge in [0.15, 0.2) is 11.5 Å². The molecule has 0 spiro atoms. The van der Waals surface area contributed by atoms with Crippen LogP contribution in [0.15, 0.2) is 52.7 Å². The minimum atomic E-state index is -0.496. The summed E-state index contributed by atoms with van der Waals surface area (Å²) in [4.78, 5) is 19.6.